The Bertz CT molecular complexity index is 436. The molecule has 0 spiro atoms. The van der Waals surface area contributed by atoms with E-state index in [1.807, 2.05) is 0 Å². The number of aromatic nitrogens is 2. The van der Waals surface area contributed by atoms with Crippen LogP contribution in [0.4, 0.5) is 4.39 Å². The summed E-state index contributed by atoms with van der Waals surface area (Å²) < 4.78 is 13.0. The fraction of sp³-hybridized carbons (Fsp3) is 0.600. The maximum atomic E-state index is 13.0. The maximum Gasteiger partial charge on any atom is 0.287 e. The molecule has 0 amide bonds. The SMILES string of the molecule is Cc1nc(C2CC2(C)C)[nH]c(=O)c1F. The second-order valence-electron chi connectivity index (χ2n) is 4.60. The molecule has 76 valence electrons. The second kappa shape index (κ2) is 2.65. The van der Waals surface area contributed by atoms with Gasteiger partial charge in [-0.05, 0) is 18.8 Å². The first-order chi connectivity index (χ1) is 6.42. The zero-order valence-electron chi connectivity index (χ0n) is 8.52. The lowest BCUT2D eigenvalue weighted by molar-refractivity contribution is 0.567. The van der Waals surface area contributed by atoms with Crippen LogP contribution in [0.1, 0.15) is 37.7 Å². The van der Waals surface area contributed by atoms with Crippen molar-refractivity contribution < 1.29 is 4.39 Å². The van der Waals surface area contributed by atoms with Crippen molar-refractivity contribution in [1.29, 1.82) is 0 Å². The topological polar surface area (TPSA) is 45.8 Å². The number of halogens is 1. The average Bonchev–Trinajstić information content (AvgIpc) is 2.70. The van der Waals surface area contributed by atoms with E-state index in [-0.39, 0.29) is 17.0 Å². The molecule has 1 atom stereocenters. The zero-order chi connectivity index (χ0) is 10.5. The summed E-state index contributed by atoms with van der Waals surface area (Å²) in [4.78, 5) is 17.7. The molecule has 1 saturated carbocycles. The Balaban J connectivity index is 2.43. The summed E-state index contributed by atoms with van der Waals surface area (Å²) in [6.45, 7) is 5.73. The number of nitrogens with zero attached hydrogens (tertiary/aromatic N) is 1. The van der Waals surface area contributed by atoms with Gasteiger partial charge in [-0.2, -0.15) is 4.39 Å². The molecule has 4 heteroatoms. The van der Waals surface area contributed by atoms with E-state index >= 15 is 0 Å². The standard InChI is InChI=1S/C10H13FN2O/c1-5-7(11)9(14)13-8(12-5)6-4-10(6,2)3/h6H,4H2,1-3H3,(H,12,13,14). The van der Waals surface area contributed by atoms with Crippen LogP contribution in [-0.2, 0) is 0 Å². The van der Waals surface area contributed by atoms with Crippen molar-refractivity contribution >= 4 is 0 Å². The highest BCUT2D eigenvalue weighted by Gasteiger charge is 2.48. The first-order valence-corrected chi connectivity index (χ1v) is 4.68. The van der Waals surface area contributed by atoms with Crippen LogP contribution in [-0.4, -0.2) is 9.97 Å². The van der Waals surface area contributed by atoms with Gasteiger partial charge in [-0.3, -0.25) is 4.79 Å². The number of aromatic amines is 1. The van der Waals surface area contributed by atoms with Gasteiger partial charge in [0.25, 0.3) is 5.56 Å². The Hall–Kier alpha value is -1.19. The van der Waals surface area contributed by atoms with Crippen molar-refractivity contribution in [2.75, 3.05) is 0 Å². The van der Waals surface area contributed by atoms with E-state index in [9.17, 15) is 9.18 Å². The molecule has 3 nitrogen and oxygen atoms in total. The van der Waals surface area contributed by atoms with Crippen molar-refractivity contribution in [3.8, 4) is 0 Å². The Kier molecular flexibility index (Phi) is 1.77. The summed E-state index contributed by atoms with van der Waals surface area (Å²) in [7, 11) is 0. The molecular formula is C10H13FN2O. The average molecular weight is 196 g/mol. The minimum Gasteiger partial charge on any atom is -0.308 e. The van der Waals surface area contributed by atoms with Crippen LogP contribution in [0.5, 0.6) is 0 Å². The predicted octanol–water partition coefficient (Wildman–Crippen LogP) is 1.73. The van der Waals surface area contributed by atoms with Gasteiger partial charge in [0.15, 0.2) is 0 Å². The molecule has 1 aromatic heterocycles. The van der Waals surface area contributed by atoms with Crippen LogP contribution >= 0.6 is 0 Å². The van der Waals surface area contributed by atoms with Crippen LogP contribution < -0.4 is 5.56 Å². The molecule has 1 fully saturated rings. The number of nitrogens with one attached hydrogen (secondary N) is 1. The number of hydrogen-bond donors (Lipinski definition) is 1. The molecule has 2 rings (SSSR count). The predicted molar refractivity (Wildman–Crippen MR) is 50.7 cm³/mol. The molecule has 0 saturated heterocycles. The lowest BCUT2D eigenvalue weighted by atomic mass is 10.1. The molecule has 1 unspecified atom stereocenters. The van der Waals surface area contributed by atoms with Crippen molar-refractivity contribution in [2.45, 2.75) is 33.1 Å². The molecule has 1 N–H and O–H groups in total. The number of rotatable bonds is 1. The molecule has 0 aliphatic heterocycles. The second-order valence-corrected chi connectivity index (χ2v) is 4.60. The molecule has 14 heavy (non-hydrogen) atoms. The highest BCUT2D eigenvalue weighted by atomic mass is 19.1. The third-order valence-electron chi connectivity index (χ3n) is 2.89. The van der Waals surface area contributed by atoms with E-state index in [0.717, 1.165) is 6.42 Å². The van der Waals surface area contributed by atoms with Gasteiger partial charge in [-0.15, -0.1) is 0 Å². The third-order valence-corrected chi connectivity index (χ3v) is 2.89. The molecule has 0 bridgehead atoms. The van der Waals surface area contributed by atoms with Gasteiger partial charge in [-0.25, -0.2) is 4.98 Å². The molecular weight excluding hydrogens is 183 g/mol. The molecule has 1 aliphatic carbocycles. The molecule has 0 radical (unpaired) electrons. The lowest BCUT2D eigenvalue weighted by Crippen LogP contribution is -2.17. The van der Waals surface area contributed by atoms with Crippen LogP contribution in [0.2, 0.25) is 0 Å². The summed E-state index contributed by atoms with van der Waals surface area (Å²) in [5, 5.41) is 0. The summed E-state index contributed by atoms with van der Waals surface area (Å²) in [6.07, 6.45) is 1.00. The number of aryl methyl sites for hydroxylation is 1. The highest BCUT2D eigenvalue weighted by Crippen LogP contribution is 2.57. The fourth-order valence-electron chi connectivity index (χ4n) is 1.69. The summed E-state index contributed by atoms with van der Waals surface area (Å²) in [5.41, 5.74) is -0.276. The Morgan fingerprint density at radius 3 is 2.57 bits per heavy atom. The third kappa shape index (κ3) is 1.35. The minimum absolute atomic E-state index is 0.187. The summed E-state index contributed by atoms with van der Waals surface area (Å²) in [6, 6.07) is 0. The monoisotopic (exact) mass is 196 g/mol. The largest absolute Gasteiger partial charge is 0.308 e. The van der Waals surface area contributed by atoms with Crippen molar-refractivity contribution in [2.24, 2.45) is 5.41 Å². The Labute approximate surface area is 81.4 Å². The lowest BCUT2D eigenvalue weighted by Gasteiger charge is -2.03. The van der Waals surface area contributed by atoms with E-state index in [1.165, 1.54) is 6.92 Å². The summed E-state index contributed by atoms with van der Waals surface area (Å²) >= 11 is 0. The first kappa shape index (κ1) is 9.37. The smallest absolute Gasteiger partial charge is 0.287 e. The normalized spacial score (nSPS) is 23.6. The van der Waals surface area contributed by atoms with E-state index in [4.69, 9.17) is 0 Å². The van der Waals surface area contributed by atoms with Gasteiger partial charge in [0.05, 0.1) is 5.69 Å². The Morgan fingerprint density at radius 2 is 2.14 bits per heavy atom. The highest BCUT2D eigenvalue weighted by molar-refractivity contribution is 5.17. The first-order valence-electron chi connectivity index (χ1n) is 4.68. The fourth-order valence-corrected chi connectivity index (χ4v) is 1.69. The summed E-state index contributed by atoms with van der Waals surface area (Å²) in [5.74, 6) is 0.126. The molecule has 1 heterocycles. The quantitative estimate of drug-likeness (QED) is 0.743. The van der Waals surface area contributed by atoms with Gasteiger partial charge in [0.1, 0.15) is 5.82 Å². The van der Waals surface area contributed by atoms with E-state index in [0.29, 0.717) is 5.82 Å². The van der Waals surface area contributed by atoms with E-state index in [2.05, 4.69) is 23.8 Å². The minimum atomic E-state index is -0.771. The maximum absolute atomic E-state index is 13.0. The van der Waals surface area contributed by atoms with Crippen LogP contribution in [0, 0.1) is 18.2 Å². The van der Waals surface area contributed by atoms with Crippen molar-refractivity contribution in [3.05, 3.63) is 27.7 Å². The van der Waals surface area contributed by atoms with Crippen molar-refractivity contribution in [1.82, 2.24) is 9.97 Å². The van der Waals surface area contributed by atoms with Crippen LogP contribution in [0.15, 0.2) is 4.79 Å². The zero-order valence-corrected chi connectivity index (χ0v) is 8.52. The van der Waals surface area contributed by atoms with Gasteiger partial charge >= 0.3 is 0 Å². The van der Waals surface area contributed by atoms with E-state index in [1.54, 1.807) is 0 Å². The van der Waals surface area contributed by atoms with Gasteiger partial charge in [-0.1, -0.05) is 13.8 Å². The number of H-pyrrole nitrogens is 1. The molecule has 0 aromatic carbocycles. The van der Waals surface area contributed by atoms with Crippen molar-refractivity contribution in [3.63, 3.8) is 0 Å². The Morgan fingerprint density at radius 1 is 1.57 bits per heavy atom. The molecule has 1 aromatic rings. The number of hydrogen-bond acceptors (Lipinski definition) is 2. The van der Waals surface area contributed by atoms with Gasteiger partial charge < -0.3 is 4.98 Å². The van der Waals surface area contributed by atoms with E-state index < -0.39 is 11.4 Å². The van der Waals surface area contributed by atoms with Crippen LogP contribution in [0.25, 0.3) is 0 Å². The van der Waals surface area contributed by atoms with Gasteiger partial charge in [0.2, 0.25) is 5.82 Å². The van der Waals surface area contributed by atoms with Gasteiger partial charge in [0, 0.05) is 5.92 Å². The van der Waals surface area contributed by atoms with Crippen LogP contribution in [0.3, 0.4) is 0 Å². The molecule has 1 aliphatic rings.